The summed E-state index contributed by atoms with van der Waals surface area (Å²) in [5, 5.41) is 3.44. The third-order valence-electron chi connectivity index (χ3n) is 4.17. The molecule has 2 aliphatic heterocycles. The van der Waals surface area contributed by atoms with Crippen LogP contribution in [0.25, 0.3) is 0 Å². The Morgan fingerprint density at radius 3 is 3.10 bits per heavy atom. The summed E-state index contributed by atoms with van der Waals surface area (Å²) >= 11 is 0. The van der Waals surface area contributed by atoms with Gasteiger partial charge in [-0.3, -0.25) is 0 Å². The fourth-order valence-electron chi connectivity index (χ4n) is 2.92. The maximum Gasteiger partial charge on any atom is 0.318 e. The minimum absolute atomic E-state index is 0.180. The largest absolute Gasteiger partial charge is 0.460 e. The van der Waals surface area contributed by atoms with E-state index in [1.54, 1.807) is 6.20 Å². The molecule has 1 N–H and O–H groups in total. The Bertz CT molecular complexity index is 451. The molecule has 1 atom stereocenters. The van der Waals surface area contributed by atoms with Gasteiger partial charge in [0, 0.05) is 44.7 Å². The van der Waals surface area contributed by atoms with Crippen molar-refractivity contribution < 1.29 is 9.47 Å². The van der Waals surface area contributed by atoms with E-state index in [1.807, 2.05) is 6.07 Å². The first-order valence-corrected chi connectivity index (χ1v) is 7.91. The quantitative estimate of drug-likeness (QED) is 0.900. The van der Waals surface area contributed by atoms with Crippen molar-refractivity contribution in [2.75, 3.05) is 37.7 Å². The minimum atomic E-state index is 0.180. The van der Waals surface area contributed by atoms with Gasteiger partial charge in [-0.05, 0) is 12.5 Å². The van der Waals surface area contributed by atoms with Gasteiger partial charge in [-0.25, -0.2) is 4.98 Å². The first-order chi connectivity index (χ1) is 10.4. The van der Waals surface area contributed by atoms with Gasteiger partial charge in [-0.15, -0.1) is 0 Å². The van der Waals surface area contributed by atoms with Crippen molar-refractivity contribution in [2.45, 2.75) is 38.3 Å². The van der Waals surface area contributed by atoms with E-state index in [-0.39, 0.29) is 6.10 Å². The van der Waals surface area contributed by atoms with Gasteiger partial charge in [0.2, 0.25) is 0 Å². The predicted molar refractivity (Wildman–Crippen MR) is 80.8 cm³/mol. The molecule has 1 aromatic heterocycles. The first kappa shape index (κ1) is 14.5. The van der Waals surface area contributed by atoms with Gasteiger partial charge in [0.15, 0.2) is 0 Å². The maximum atomic E-state index is 5.91. The molecule has 0 saturated carbocycles. The molecule has 2 aliphatic rings. The molecule has 0 radical (unpaired) electrons. The lowest BCUT2D eigenvalue weighted by Gasteiger charge is -2.36. The Hall–Kier alpha value is -1.40. The highest BCUT2D eigenvalue weighted by Gasteiger charge is 2.23. The van der Waals surface area contributed by atoms with Gasteiger partial charge in [-0.1, -0.05) is 6.92 Å². The summed E-state index contributed by atoms with van der Waals surface area (Å²) in [7, 11) is 0. The van der Waals surface area contributed by atoms with E-state index in [2.05, 4.69) is 27.1 Å². The molecule has 116 valence electrons. The smallest absolute Gasteiger partial charge is 0.318 e. The Kier molecular flexibility index (Phi) is 4.87. The molecule has 0 bridgehead atoms. The molecule has 0 spiro atoms. The number of hydrogen-bond donors (Lipinski definition) is 1. The summed E-state index contributed by atoms with van der Waals surface area (Å²) in [6, 6.07) is 2.96. The van der Waals surface area contributed by atoms with Gasteiger partial charge in [0.25, 0.3) is 0 Å². The van der Waals surface area contributed by atoms with Gasteiger partial charge >= 0.3 is 6.01 Å². The van der Waals surface area contributed by atoms with E-state index in [0.717, 1.165) is 57.9 Å². The molecule has 1 unspecified atom stereocenters. The van der Waals surface area contributed by atoms with Crippen molar-refractivity contribution in [3.63, 3.8) is 0 Å². The van der Waals surface area contributed by atoms with Crippen molar-refractivity contribution in [2.24, 2.45) is 0 Å². The minimum Gasteiger partial charge on any atom is -0.460 e. The third kappa shape index (κ3) is 3.63. The second-order valence-corrected chi connectivity index (χ2v) is 5.59. The van der Waals surface area contributed by atoms with Gasteiger partial charge in [0.1, 0.15) is 11.9 Å². The van der Waals surface area contributed by atoms with E-state index in [4.69, 9.17) is 9.47 Å². The van der Waals surface area contributed by atoms with E-state index in [9.17, 15) is 0 Å². The number of anilines is 1. The van der Waals surface area contributed by atoms with E-state index >= 15 is 0 Å². The molecule has 2 fully saturated rings. The zero-order valence-corrected chi connectivity index (χ0v) is 12.6. The first-order valence-electron chi connectivity index (χ1n) is 7.91. The molecule has 2 saturated heterocycles. The molecule has 0 aromatic carbocycles. The molecule has 0 aliphatic carbocycles. The van der Waals surface area contributed by atoms with Crippen LogP contribution >= 0.6 is 0 Å². The van der Waals surface area contributed by atoms with Crippen LogP contribution in [-0.2, 0) is 4.74 Å². The number of aromatic nitrogens is 2. The van der Waals surface area contributed by atoms with Crippen LogP contribution < -0.4 is 15.0 Å². The van der Waals surface area contributed by atoms with Crippen LogP contribution in [0.5, 0.6) is 6.01 Å². The number of nitrogens with zero attached hydrogens (tertiary/aromatic N) is 3. The maximum absolute atomic E-state index is 5.91. The van der Waals surface area contributed by atoms with Gasteiger partial charge < -0.3 is 19.7 Å². The second kappa shape index (κ2) is 7.04. The summed E-state index contributed by atoms with van der Waals surface area (Å²) in [5.74, 6) is 0.973. The summed E-state index contributed by atoms with van der Waals surface area (Å²) in [6.07, 6.45) is 4.91. The number of ether oxygens (including phenoxy) is 2. The summed E-state index contributed by atoms with van der Waals surface area (Å²) in [4.78, 5) is 11.2. The highest BCUT2D eigenvalue weighted by atomic mass is 16.5. The van der Waals surface area contributed by atoms with Crippen molar-refractivity contribution in [3.8, 4) is 6.01 Å². The molecule has 3 rings (SSSR count). The number of rotatable bonds is 4. The highest BCUT2D eigenvalue weighted by Crippen LogP contribution is 2.20. The molecule has 1 aromatic rings. The van der Waals surface area contributed by atoms with Crippen LogP contribution in [0.4, 0.5) is 5.82 Å². The molecule has 6 heteroatoms. The summed E-state index contributed by atoms with van der Waals surface area (Å²) in [5.41, 5.74) is 0. The molecule has 3 heterocycles. The average Bonchev–Trinajstić information content (AvgIpc) is 2.56. The highest BCUT2D eigenvalue weighted by molar-refractivity contribution is 5.40. The third-order valence-corrected chi connectivity index (χ3v) is 4.17. The zero-order chi connectivity index (χ0) is 14.5. The van der Waals surface area contributed by atoms with E-state index in [1.165, 1.54) is 0 Å². The van der Waals surface area contributed by atoms with Crippen molar-refractivity contribution in [1.82, 2.24) is 15.3 Å². The second-order valence-electron chi connectivity index (χ2n) is 5.59. The Morgan fingerprint density at radius 2 is 2.29 bits per heavy atom. The number of nitrogens with one attached hydrogen (secondary N) is 1. The monoisotopic (exact) mass is 292 g/mol. The van der Waals surface area contributed by atoms with Crippen molar-refractivity contribution >= 4 is 5.82 Å². The summed E-state index contributed by atoms with van der Waals surface area (Å²) in [6.45, 7) is 6.73. The van der Waals surface area contributed by atoms with Crippen LogP contribution in [0.15, 0.2) is 12.3 Å². The van der Waals surface area contributed by atoms with Crippen LogP contribution in [0.2, 0.25) is 0 Å². The molecule has 6 nitrogen and oxygen atoms in total. The summed E-state index contributed by atoms with van der Waals surface area (Å²) < 4.78 is 11.3. The lowest BCUT2D eigenvalue weighted by Crippen LogP contribution is -2.51. The number of hydrogen-bond acceptors (Lipinski definition) is 6. The van der Waals surface area contributed by atoms with Crippen molar-refractivity contribution in [3.05, 3.63) is 12.3 Å². The topological polar surface area (TPSA) is 59.5 Å². The van der Waals surface area contributed by atoms with Crippen LogP contribution in [0, 0.1) is 0 Å². The zero-order valence-electron chi connectivity index (χ0n) is 12.6. The van der Waals surface area contributed by atoms with E-state index in [0.29, 0.717) is 12.1 Å². The molecular formula is C15H24N4O2. The molecule has 21 heavy (non-hydrogen) atoms. The van der Waals surface area contributed by atoms with Crippen LogP contribution in [-0.4, -0.2) is 55.0 Å². The number of piperazine rings is 1. The standard InChI is InChI=1S/C15H24N4O2/c1-2-12-11-16-7-8-19(12)14-3-6-17-15(18-14)21-13-4-9-20-10-5-13/h3,6,12-13,16H,2,4-5,7-11H2,1H3. The lowest BCUT2D eigenvalue weighted by molar-refractivity contribution is 0.0217. The van der Waals surface area contributed by atoms with Gasteiger partial charge in [-0.2, -0.15) is 4.98 Å². The normalized spacial score (nSPS) is 24.0. The predicted octanol–water partition coefficient (Wildman–Crippen LogP) is 1.22. The van der Waals surface area contributed by atoms with Crippen LogP contribution in [0.3, 0.4) is 0 Å². The van der Waals surface area contributed by atoms with Gasteiger partial charge in [0.05, 0.1) is 13.2 Å². The Morgan fingerprint density at radius 1 is 1.43 bits per heavy atom. The SMILES string of the molecule is CCC1CNCCN1c1ccnc(OC2CCOCC2)n1. The van der Waals surface area contributed by atoms with Crippen LogP contribution in [0.1, 0.15) is 26.2 Å². The fraction of sp³-hybridized carbons (Fsp3) is 0.733. The molecule has 0 amide bonds. The van der Waals surface area contributed by atoms with Crippen molar-refractivity contribution in [1.29, 1.82) is 0 Å². The van der Waals surface area contributed by atoms with E-state index < -0.39 is 0 Å². The lowest BCUT2D eigenvalue weighted by atomic mass is 10.1. The average molecular weight is 292 g/mol. The Labute approximate surface area is 125 Å². The molecular weight excluding hydrogens is 268 g/mol. The Balaban J connectivity index is 1.69. The fourth-order valence-corrected chi connectivity index (χ4v) is 2.92.